The fourth-order valence-corrected chi connectivity index (χ4v) is 1.77. The lowest BCUT2D eigenvalue weighted by Gasteiger charge is -2.40. The van der Waals surface area contributed by atoms with Gasteiger partial charge in [0.2, 0.25) is 0 Å². The molecule has 1 heterocycles. The monoisotopic (exact) mass is 214 g/mol. The van der Waals surface area contributed by atoms with Crippen LogP contribution >= 0.6 is 0 Å². The molecule has 0 aromatic heterocycles. The number of carbonyl (C=O) groups excluding carboxylic acids is 1. The maximum atomic E-state index is 12.0. The van der Waals surface area contributed by atoms with Gasteiger partial charge in [-0.2, -0.15) is 0 Å². The van der Waals surface area contributed by atoms with E-state index in [0.717, 1.165) is 13.0 Å². The van der Waals surface area contributed by atoms with E-state index in [2.05, 4.69) is 6.92 Å². The molecular weight excluding hydrogens is 192 g/mol. The van der Waals surface area contributed by atoms with Crippen LogP contribution < -0.4 is 0 Å². The number of ether oxygens (including phenoxy) is 1. The van der Waals surface area contributed by atoms with Crippen LogP contribution in [0.4, 0.5) is 4.79 Å². The molecule has 4 nitrogen and oxygen atoms in total. The highest BCUT2D eigenvalue weighted by molar-refractivity contribution is 5.74. The molecule has 2 unspecified atom stereocenters. The van der Waals surface area contributed by atoms with Crippen LogP contribution in [0.15, 0.2) is 0 Å². The number of carbonyl (C=O) groups is 1. The van der Waals surface area contributed by atoms with E-state index in [1.165, 1.54) is 0 Å². The Hall–Kier alpha value is -0.770. The lowest BCUT2D eigenvalue weighted by atomic mass is 10.1. The van der Waals surface area contributed by atoms with E-state index < -0.39 is 0 Å². The fourth-order valence-electron chi connectivity index (χ4n) is 1.77. The van der Waals surface area contributed by atoms with Crippen molar-refractivity contribution in [1.82, 2.24) is 9.80 Å². The Kier molecular flexibility index (Phi) is 4.39. The van der Waals surface area contributed by atoms with Crippen LogP contribution in [0.2, 0.25) is 0 Å². The molecule has 15 heavy (non-hydrogen) atoms. The summed E-state index contributed by atoms with van der Waals surface area (Å²) in [5.74, 6) is 0. The smallest absolute Gasteiger partial charge is 0.320 e. The zero-order chi connectivity index (χ0) is 11.4. The summed E-state index contributed by atoms with van der Waals surface area (Å²) in [6, 6.07) is 0.363. The first kappa shape index (κ1) is 12.3. The van der Waals surface area contributed by atoms with E-state index in [-0.39, 0.29) is 18.2 Å². The first-order valence-corrected chi connectivity index (χ1v) is 5.73. The second-order valence-corrected chi connectivity index (χ2v) is 4.16. The van der Waals surface area contributed by atoms with Crippen molar-refractivity contribution < 1.29 is 9.53 Å². The van der Waals surface area contributed by atoms with E-state index in [4.69, 9.17) is 4.74 Å². The van der Waals surface area contributed by atoms with E-state index >= 15 is 0 Å². The lowest BCUT2D eigenvalue weighted by molar-refractivity contribution is -0.0421. The van der Waals surface area contributed by atoms with Gasteiger partial charge >= 0.3 is 6.03 Å². The van der Waals surface area contributed by atoms with Crippen molar-refractivity contribution in [2.75, 3.05) is 26.7 Å². The van der Waals surface area contributed by atoms with Crippen LogP contribution in [0.25, 0.3) is 0 Å². The van der Waals surface area contributed by atoms with Gasteiger partial charge in [0.1, 0.15) is 0 Å². The molecule has 0 radical (unpaired) electrons. The molecule has 0 N–H and O–H groups in total. The summed E-state index contributed by atoms with van der Waals surface area (Å²) < 4.78 is 5.56. The standard InChI is InChI=1S/C11H22N2O2/c1-5-10-8-15-9(3)7-13(10)11(14)12(4)6-2/h9-10H,5-8H2,1-4H3. The van der Waals surface area contributed by atoms with Gasteiger partial charge in [0.05, 0.1) is 18.8 Å². The number of urea groups is 1. The van der Waals surface area contributed by atoms with Crippen molar-refractivity contribution in [2.45, 2.75) is 39.3 Å². The molecule has 1 aliphatic heterocycles. The predicted molar refractivity (Wildman–Crippen MR) is 59.9 cm³/mol. The maximum Gasteiger partial charge on any atom is 0.320 e. The van der Waals surface area contributed by atoms with Crippen LogP contribution in [-0.2, 0) is 4.74 Å². The fraction of sp³-hybridized carbons (Fsp3) is 0.909. The average Bonchev–Trinajstić information content (AvgIpc) is 2.27. The zero-order valence-corrected chi connectivity index (χ0v) is 10.2. The second-order valence-electron chi connectivity index (χ2n) is 4.16. The Morgan fingerprint density at radius 2 is 2.20 bits per heavy atom. The third kappa shape index (κ3) is 2.84. The molecular formula is C11H22N2O2. The molecule has 2 amide bonds. The van der Waals surface area contributed by atoms with Gasteiger partial charge < -0.3 is 14.5 Å². The number of rotatable bonds is 2. The van der Waals surface area contributed by atoms with E-state index in [0.29, 0.717) is 13.2 Å². The number of hydrogen-bond acceptors (Lipinski definition) is 2. The van der Waals surface area contributed by atoms with Gasteiger partial charge in [0, 0.05) is 20.1 Å². The molecule has 88 valence electrons. The molecule has 0 aliphatic carbocycles. The Balaban J connectivity index is 2.66. The molecule has 0 spiro atoms. The third-order valence-electron chi connectivity index (χ3n) is 2.99. The number of hydrogen-bond donors (Lipinski definition) is 0. The van der Waals surface area contributed by atoms with Crippen molar-refractivity contribution in [3.05, 3.63) is 0 Å². The van der Waals surface area contributed by atoms with Gasteiger partial charge in [-0.15, -0.1) is 0 Å². The highest BCUT2D eigenvalue weighted by Gasteiger charge is 2.30. The molecule has 4 heteroatoms. The van der Waals surface area contributed by atoms with Gasteiger partial charge in [0.25, 0.3) is 0 Å². The summed E-state index contributed by atoms with van der Waals surface area (Å²) in [5, 5.41) is 0. The van der Waals surface area contributed by atoms with Crippen molar-refractivity contribution in [1.29, 1.82) is 0 Å². The second kappa shape index (κ2) is 5.35. The molecule has 2 atom stereocenters. The van der Waals surface area contributed by atoms with Gasteiger partial charge in [-0.3, -0.25) is 0 Å². The van der Waals surface area contributed by atoms with Crippen molar-refractivity contribution in [3.8, 4) is 0 Å². The first-order valence-electron chi connectivity index (χ1n) is 5.73. The van der Waals surface area contributed by atoms with Crippen molar-refractivity contribution in [2.24, 2.45) is 0 Å². The summed E-state index contributed by atoms with van der Waals surface area (Å²) >= 11 is 0. The average molecular weight is 214 g/mol. The van der Waals surface area contributed by atoms with Crippen LogP contribution in [0, 0.1) is 0 Å². The third-order valence-corrected chi connectivity index (χ3v) is 2.99. The molecule has 1 aliphatic rings. The molecule has 1 saturated heterocycles. The molecule has 0 saturated carbocycles. The van der Waals surface area contributed by atoms with Crippen LogP contribution in [0.1, 0.15) is 27.2 Å². The summed E-state index contributed by atoms with van der Waals surface area (Å²) in [6.07, 6.45) is 1.11. The minimum Gasteiger partial charge on any atom is -0.375 e. The van der Waals surface area contributed by atoms with Gasteiger partial charge in [-0.1, -0.05) is 6.92 Å². The zero-order valence-electron chi connectivity index (χ0n) is 10.2. The van der Waals surface area contributed by atoms with Gasteiger partial charge in [0.15, 0.2) is 0 Å². The highest BCUT2D eigenvalue weighted by atomic mass is 16.5. The topological polar surface area (TPSA) is 32.8 Å². The number of amides is 2. The summed E-state index contributed by atoms with van der Waals surface area (Å²) in [5.41, 5.74) is 0. The molecule has 0 aromatic carbocycles. The Morgan fingerprint density at radius 1 is 1.53 bits per heavy atom. The van der Waals surface area contributed by atoms with Gasteiger partial charge in [-0.05, 0) is 20.3 Å². The Labute approximate surface area is 92.2 Å². The lowest BCUT2D eigenvalue weighted by Crippen LogP contribution is -2.54. The summed E-state index contributed by atoms with van der Waals surface area (Å²) in [7, 11) is 1.84. The predicted octanol–water partition coefficient (Wildman–Crippen LogP) is 1.56. The molecule has 1 rings (SSSR count). The number of nitrogens with zero attached hydrogens (tertiary/aromatic N) is 2. The van der Waals surface area contributed by atoms with Gasteiger partial charge in [-0.25, -0.2) is 4.79 Å². The maximum absolute atomic E-state index is 12.0. The largest absolute Gasteiger partial charge is 0.375 e. The quantitative estimate of drug-likeness (QED) is 0.699. The van der Waals surface area contributed by atoms with Crippen LogP contribution in [-0.4, -0.2) is 54.7 Å². The summed E-state index contributed by atoms with van der Waals surface area (Å²) in [4.78, 5) is 15.7. The Bertz CT molecular complexity index is 221. The summed E-state index contributed by atoms with van der Waals surface area (Å²) in [6.45, 7) is 8.22. The minimum atomic E-state index is 0.125. The van der Waals surface area contributed by atoms with E-state index in [1.807, 2.05) is 25.8 Å². The Morgan fingerprint density at radius 3 is 2.73 bits per heavy atom. The van der Waals surface area contributed by atoms with Crippen molar-refractivity contribution in [3.63, 3.8) is 0 Å². The van der Waals surface area contributed by atoms with Crippen LogP contribution in [0.3, 0.4) is 0 Å². The van der Waals surface area contributed by atoms with Crippen molar-refractivity contribution >= 4 is 6.03 Å². The number of morpholine rings is 1. The molecule has 1 fully saturated rings. The normalized spacial score (nSPS) is 26.5. The van der Waals surface area contributed by atoms with Crippen LogP contribution in [0.5, 0.6) is 0 Å². The van der Waals surface area contributed by atoms with E-state index in [9.17, 15) is 4.79 Å². The first-order chi connectivity index (χ1) is 7.10. The molecule has 0 aromatic rings. The van der Waals surface area contributed by atoms with E-state index in [1.54, 1.807) is 4.90 Å². The molecule has 0 bridgehead atoms. The SMILES string of the molecule is CCC1COC(C)CN1C(=O)N(C)CC. The minimum absolute atomic E-state index is 0.125. The highest BCUT2D eigenvalue weighted by Crippen LogP contribution is 2.15.